The van der Waals surface area contributed by atoms with E-state index < -0.39 is 0 Å². The molecular weight excluding hydrogens is 466 g/mol. The lowest BCUT2D eigenvalue weighted by atomic mass is 10.1. The van der Waals surface area contributed by atoms with Gasteiger partial charge >= 0.3 is 0 Å². The Morgan fingerprint density at radius 3 is 2.43 bits per heavy atom. The largest absolute Gasteiger partial charge is 0.494 e. The number of nitrogens with one attached hydrogen (secondary N) is 2. The van der Waals surface area contributed by atoms with Gasteiger partial charge in [-0.15, -0.1) is 0 Å². The molecule has 1 aliphatic heterocycles. The third kappa shape index (κ3) is 5.39. The predicted molar refractivity (Wildman–Crippen MR) is 149 cm³/mol. The minimum atomic E-state index is -0.383. The average Bonchev–Trinajstić information content (AvgIpc) is 2.89. The first-order chi connectivity index (χ1) is 17.9. The van der Waals surface area contributed by atoms with E-state index in [9.17, 15) is 14.7 Å². The summed E-state index contributed by atoms with van der Waals surface area (Å²) in [6.45, 7) is 5.59. The predicted octanol–water partition coefficient (Wildman–Crippen LogP) is 4.68. The van der Waals surface area contributed by atoms with Gasteiger partial charge in [0.15, 0.2) is 5.78 Å². The Bertz CT molecular complexity index is 1530. The molecule has 0 amide bonds. The van der Waals surface area contributed by atoms with Crippen LogP contribution in [-0.2, 0) is 0 Å². The van der Waals surface area contributed by atoms with Gasteiger partial charge in [-0.05, 0) is 68.6 Å². The van der Waals surface area contributed by atoms with Gasteiger partial charge in [0.05, 0.1) is 11.3 Å². The van der Waals surface area contributed by atoms with E-state index in [1.54, 1.807) is 36.5 Å². The molecule has 188 valence electrons. The number of hydrogen-bond acceptors (Lipinski definition) is 7. The number of fused-ring (bicyclic) bond motifs is 1. The number of Topliss-reactive ketones (excluding diaryl/α,β-unsaturated/α-hetero) is 1. The zero-order chi connectivity index (χ0) is 25.9. The third-order valence-electron chi connectivity index (χ3n) is 6.66. The van der Waals surface area contributed by atoms with Crippen LogP contribution in [0, 0.1) is 0 Å². The normalized spacial score (nSPS) is 14.4. The van der Waals surface area contributed by atoms with Crippen molar-refractivity contribution in [1.29, 1.82) is 0 Å². The molecule has 0 radical (unpaired) electrons. The summed E-state index contributed by atoms with van der Waals surface area (Å²) in [5.41, 5.74) is 4.00. The second-order valence-corrected chi connectivity index (χ2v) is 9.30. The summed E-state index contributed by atoms with van der Waals surface area (Å²) in [4.78, 5) is 36.0. The summed E-state index contributed by atoms with van der Waals surface area (Å²) >= 11 is 0. The number of H-pyrrole nitrogens is 1. The highest BCUT2D eigenvalue weighted by Crippen LogP contribution is 2.27. The van der Waals surface area contributed by atoms with Gasteiger partial charge in [-0.1, -0.05) is 12.1 Å². The highest BCUT2D eigenvalue weighted by Gasteiger charge is 2.14. The number of aromatic nitrogens is 1. The molecule has 1 aliphatic rings. The van der Waals surface area contributed by atoms with Crippen molar-refractivity contribution in [1.82, 2.24) is 9.88 Å². The summed E-state index contributed by atoms with van der Waals surface area (Å²) in [6.07, 6.45) is 1.57. The molecule has 3 N–H and O–H groups in total. The van der Waals surface area contributed by atoms with Crippen molar-refractivity contribution in [3.63, 3.8) is 0 Å². The second-order valence-electron chi connectivity index (χ2n) is 9.30. The van der Waals surface area contributed by atoms with Gasteiger partial charge in [0.1, 0.15) is 0 Å². The highest BCUT2D eigenvalue weighted by atomic mass is 16.3. The zero-order valence-corrected chi connectivity index (χ0v) is 20.9. The number of piperazine rings is 1. The molecule has 0 bridgehead atoms. The Kier molecular flexibility index (Phi) is 6.74. The first-order valence-corrected chi connectivity index (χ1v) is 12.2. The minimum absolute atomic E-state index is 0.0197. The van der Waals surface area contributed by atoms with Crippen LogP contribution in [0.2, 0.25) is 0 Å². The van der Waals surface area contributed by atoms with E-state index in [0.29, 0.717) is 27.6 Å². The second kappa shape index (κ2) is 10.3. The number of nitrogens with zero attached hydrogens (tertiary/aromatic N) is 3. The van der Waals surface area contributed by atoms with Gasteiger partial charge in [0, 0.05) is 65.8 Å². The van der Waals surface area contributed by atoms with Gasteiger partial charge in [-0.3, -0.25) is 19.6 Å². The SMILES string of the molecule is CC(=O)c1cccc(Nc2ccc3c(=O)[nH]c(O)c(C=Nc4ccc(N5CCN(C)CC5)cc4)c3c2)c1. The Morgan fingerprint density at radius 1 is 0.973 bits per heavy atom. The Hall–Kier alpha value is -4.43. The van der Waals surface area contributed by atoms with Crippen molar-refractivity contribution < 1.29 is 9.90 Å². The molecule has 5 rings (SSSR count). The van der Waals surface area contributed by atoms with Crippen LogP contribution in [0.25, 0.3) is 10.8 Å². The number of aromatic hydroxyl groups is 1. The van der Waals surface area contributed by atoms with Crippen molar-refractivity contribution >= 4 is 45.5 Å². The number of aromatic amines is 1. The van der Waals surface area contributed by atoms with E-state index in [1.807, 2.05) is 24.3 Å². The number of likely N-dealkylation sites (N-methyl/N-ethyl adjacent to an activating group) is 1. The molecule has 0 spiro atoms. The van der Waals surface area contributed by atoms with Gasteiger partial charge < -0.3 is 20.2 Å². The minimum Gasteiger partial charge on any atom is -0.494 e. The van der Waals surface area contributed by atoms with Crippen molar-refractivity contribution in [3.05, 3.63) is 88.2 Å². The highest BCUT2D eigenvalue weighted by molar-refractivity contribution is 6.03. The molecule has 0 atom stereocenters. The molecule has 37 heavy (non-hydrogen) atoms. The van der Waals surface area contributed by atoms with E-state index in [2.05, 4.69) is 44.3 Å². The summed E-state index contributed by atoms with van der Waals surface area (Å²) in [5, 5.41) is 14.8. The number of hydrogen-bond donors (Lipinski definition) is 3. The smallest absolute Gasteiger partial charge is 0.258 e. The summed E-state index contributed by atoms with van der Waals surface area (Å²) in [6, 6.07) is 20.5. The third-order valence-corrected chi connectivity index (χ3v) is 6.66. The Labute approximate surface area is 214 Å². The number of rotatable bonds is 6. The monoisotopic (exact) mass is 495 g/mol. The van der Waals surface area contributed by atoms with Crippen LogP contribution in [0.5, 0.6) is 5.88 Å². The fourth-order valence-corrected chi connectivity index (χ4v) is 4.48. The van der Waals surface area contributed by atoms with Crippen LogP contribution < -0.4 is 15.8 Å². The summed E-state index contributed by atoms with van der Waals surface area (Å²) < 4.78 is 0. The van der Waals surface area contributed by atoms with E-state index in [1.165, 1.54) is 6.92 Å². The number of benzene rings is 3. The molecule has 3 aromatic carbocycles. The molecule has 1 saturated heterocycles. The average molecular weight is 496 g/mol. The van der Waals surface area contributed by atoms with E-state index in [-0.39, 0.29) is 17.2 Å². The number of pyridine rings is 1. The number of ketones is 1. The number of anilines is 3. The lowest BCUT2D eigenvalue weighted by molar-refractivity contribution is 0.101. The van der Waals surface area contributed by atoms with Gasteiger partial charge in [-0.25, -0.2) is 0 Å². The van der Waals surface area contributed by atoms with E-state index >= 15 is 0 Å². The van der Waals surface area contributed by atoms with Crippen molar-refractivity contribution in [2.45, 2.75) is 6.92 Å². The molecule has 1 fully saturated rings. The number of aliphatic imine (C=N–C) groups is 1. The van der Waals surface area contributed by atoms with Gasteiger partial charge in [0.25, 0.3) is 5.56 Å². The first kappa shape index (κ1) is 24.3. The zero-order valence-electron chi connectivity index (χ0n) is 20.9. The number of carbonyl (C=O) groups excluding carboxylic acids is 1. The lowest BCUT2D eigenvalue weighted by Gasteiger charge is -2.34. The van der Waals surface area contributed by atoms with E-state index in [0.717, 1.165) is 43.2 Å². The maximum atomic E-state index is 12.5. The van der Waals surface area contributed by atoms with Crippen LogP contribution in [-0.4, -0.2) is 60.2 Å². The quantitative estimate of drug-likeness (QED) is 0.265. The first-order valence-electron chi connectivity index (χ1n) is 12.2. The number of carbonyl (C=O) groups is 1. The molecule has 0 unspecified atom stereocenters. The maximum Gasteiger partial charge on any atom is 0.258 e. The van der Waals surface area contributed by atoms with Crippen LogP contribution in [0.4, 0.5) is 22.7 Å². The molecule has 1 aromatic heterocycles. The fraction of sp³-hybridized carbons (Fsp3) is 0.207. The molecule has 8 nitrogen and oxygen atoms in total. The van der Waals surface area contributed by atoms with Gasteiger partial charge in [-0.2, -0.15) is 0 Å². The molecule has 2 heterocycles. The molecule has 8 heteroatoms. The lowest BCUT2D eigenvalue weighted by Crippen LogP contribution is -2.44. The summed E-state index contributed by atoms with van der Waals surface area (Å²) in [5.74, 6) is -0.264. The fourth-order valence-electron chi connectivity index (χ4n) is 4.48. The maximum absolute atomic E-state index is 12.5. The van der Waals surface area contributed by atoms with Crippen molar-refractivity contribution in [3.8, 4) is 5.88 Å². The van der Waals surface area contributed by atoms with E-state index in [4.69, 9.17) is 0 Å². The molecule has 0 saturated carbocycles. The van der Waals surface area contributed by atoms with Crippen molar-refractivity contribution in [2.75, 3.05) is 43.4 Å². The molecular formula is C29H29N5O3. The van der Waals surface area contributed by atoms with Crippen LogP contribution in [0.1, 0.15) is 22.8 Å². The molecule has 0 aliphatic carbocycles. The van der Waals surface area contributed by atoms with Crippen LogP contribution >= 0.6 is 0 Å². The Morgan fingerprint density at radius 2 is 1.70 bits per heavy atom. The van der Waals surface area contributed by atoms with Crippen LogP contribution in [0.15, 0.2) is 76.5 Å². The van der Waals surface area contributed by atoms with Gasteiger partial charge in [0.2, 0.25) is 5.88 Å². The topological polar surface area (TPSA) is 101 Å². The summed E-state index contributed by atoms with van der Waals surface area (Å²) in [7, 11) is 2.14. The van der Waals surface area contributed by atoms with Crippen LogP contribution in [0.3, 0.4) is 0 Å². The van der Waals surface area contributed by atoms with Crippen molar-refractivity contribution in [2.24, 2.45) is 4.99 Å². The standard InChI is InChI=1S/C29H29N5O3/c1-19(35)20-4-3-5-22(16-20)31-23-8-11-25-26(17-23)27(29(37)32-28(25)36)18-30-21-6-9-24(10-7-21)34-14-12-33(2)13-15-34/h3-11,16-18,31H,12-15H2,1-2H3,(H2,32,36,37). The Balaban J connectivity index is 1.43. The molecule has 4 aromatic rings.